The van der Waals surface area contributed by atoms with E-state index in [0.717, 1.165) is 15.6 Å². The summed E-state index contributed by atoms with van der Waals surface area (Å²) in [4.78, 5) is 0. The fourth-order valence-corrected chi connectivity index (χ4v) is 2.48. The van der Waals surface area contributed by atoms with Crippen molar-refractivity contribution in [1.29, 1.82) is 0 Å². The van der Waals surface area contributed by atoms with Gasteiger partial charge < -0.3 is 0 Å². The molecule has 0 N–H and O–H groups in total. The first-order valence-corrected chi connectivity index (χ1v) is 8.69. The van der Waals surface area contributed by atoms with Crippen LogP contribution in [0.25, 0.3) is 24.3 Å². The van der Waals surface area contributed by atoms with Crippen LogP contribution in [0.5, 0.6) is 0 Å². The monoisotopic (exact) mass is 352 g/mol. The highest BCUT2D eigenvalue weighted by molar-refractivity contribution is 9.10. The standard InChI is InChI=1S/C14H15Br.3C2H6/c1-5-10-9-11(6-2)13(8-4)14(15)12(10)7-3;3*1-2/h5-9H,1,3H2,2,4H3;3*1-2H3/b11-6-,13-8+;;;. The van der Waals surface area contributed by atoms with Crippen LogP contribution in [0.15, 0.2) is 23.7 Å². The number of hydrogen-bond donors (Lipinski definition) is 0. The van der Waals surface area contributed by atoms with Crippen molar-refractivity contribution in [2.45, 2.75) is 55.4 Å². The Bertz CT molecular complexity index is 508. The minimum Gasteiger partial charge on any atom is -0.0984 e. The molecular weight excluding hydrogens is 320 g/mol. The van der Waals surface area contributed by atoms with E-state index in [1.54, 1.807) is 0 Å². The average Bonchev–Trinajstić information content (AvgIpc) is 2.59. The molecule has 0 aliphatic carbocycles. The third-order valence-corrected chi connectivity index (χ3v) is 3.28. The zero-order valence-corrected chi connectivity index (χ0v) is 16.8. The Morgan fingerprint density at radius 2 is 1.33 bits per heavy atom. The lowest BCUT2D eigenvalue weighted by Crippen LogP contribution is -2.26. The van der Waals surface area contributed by atoms with Crippen LogP contribution in [0.1, 0.15) is 66.5 Å². The van der Waals surface area contributed by atoms with E-state index in [1.807, 2.05) is 67.5 Å². The van der Waals surface area contributed by atoms with Gasteiger partial charge in [-0.1, -0.05) is 79.0 Å². The van der Waals surface area contributed by atoms with Crippen molar-refractivity contribution < 1.29 is 0 Å². The lowest BCUT2D eigenvalue weighted by molar-refractivity contribution is 1.42. The molecule has 0 atom stereocenters. The van der Waals surface area contributed by atoms with E-state index in [2.05, 4.69) is 47.3 Å². The van der Waals surface area contributed by atoms with Crippen molar-refractivity contribution in [3.63, 3.8) is 0 Å². The normalized spacial score (nSPS) is 10.1. The summed E-state index contributed by atoms with van der Waals surface area (Å²) in [6, 6.07) is 2.13. The SMILES string of the molecule is C=Cc1cc(=C/C)/c(=C\C)c(Br)c1C=C.CC.CC.CC. The fourth-order valence-electron chi connectivity index (χ4n) is 1.63. The van der Waals surface area contributed by atoms with Crippen LogP contribution in [0, 0.1) is 0 Å². The van der Waals surface area contributed by atoms with E-state index >= 15 is 0 Å². The molecule has 0 spiro atoms. The maximum Gasteiger partial charge on any atom is 0.0328 e. The van der Waals surface area contributed by atoms with Crippen LogP contribution in [-0.2, 0) is 0 Å². The molecule has 0 bridgehead atoms. The minimum atomic E-state index is 1.09. The lowest BCUT2D eigenvalue weighted by Gasteiger charge is -2.06. The molecule has 21 heavy (non-hydrogen) atoms. The van der Waals surface area contributed by atoms with Gasteiger partial charge >= 0.3 is 0 Å². The summed E-state index contributed by atoms with van der Waals surface area (Å²) in [6.45, 7) is 23.7. The lowest BCUT2D eigenvalue weighted by atomic mass is 10.0. The Labute approximate surface area is 141 Å². The molecule has 0 saturated carbocycles. The third-order valence-electron chi connectivity index (χ3n) is 2.43. The zero-order chi connectivity index (χ0) is 17.4. The summed E-state index contributed by atoms with van der Waals surface area (Å²) < 4.78 is 1.09. The number of rotatable bonds is 2. The van der Waals surface area contributed by atoms with Gasteiger partial charge in [0.15, 0.2) is 0 Å². The second-order valence-electron chi connectivity index (χ2n) is 3.18. The van der Waals surface area contributed by atoms with Gasteiger partial charge in [-0.3, -0.25) is 0 Å². The van der Waals surface area contributed by atoms with Crippen molar-refractivity contribution in [1.82, 2.24) is 0 Å². The maximum absolute atomic E-state index is 3.83. The van der Waals surface area contributed by atoms with Gasteiger partial charge in [-0.05, 0) is 57.4 Å². The predicted octanol–water partition coefficient (Wildman–Crippen LogP) is 6.41. The van der Waals surface area contributed by atoms with Crippen molar-refractivity contribution >= 4 is 40.2 Å². The second-order valence-corrected chi connectivity index (χ2v) is 3.97. The van der Waals surface area contributed by atoms with Gasteiger partial charge in [0, 0.05) is 4.47 Å². The summed E-state index contributed by atoms with van der Waals surface area (Å²) in [7, 11) is 0. The van der Waals surface area contributed by atoms with Gasteiger partial charge in [0.25, 0.3) is 0 Å². The Kier molecular flexibility index (Phi) is 20.1. The Morgan fingerprint density at radius 3 is 1.62 bits per heavy atom. The highest BCUT2D eigenvalue weighted by Gasteiger charge is 2.03. The van der Waals surface area contributed by atoms with Crippen LogP contribution in [-0.4, -0.2) is 0 Å². The smallest absolute Gasteiger partial charge is 0.0328 e. The molecule has 0 amide bonds. The first-order valence-electron chi connectivity index (χ1n) is 7.89. The second kappa shape index (κ2) is 17.0. The van der Waals surface area contributed by atoms with E-state index in [1.165, 1.54) is 10.4 Å². The van der Waals surface area contributed by atoms with Gasteiger partial charge in [0.1, 0.15) is 0 Å². The largest absolute Gasteiger partial charge is 0.0984 e. The first kappa shape index (κ1) is 24.9. The Hall–Kier alpha value is -1.08. The van der Waals surface area contributed by atoms with Crippen LogP contribution in [0.3, 0.4) is 0 Å². The average molecular weight is 353 g/mol. The molecule has 0 unspecified atom stereocenters. The molecule has 1 heteroatoms. The Balaban J connectivity index is -0.000000478. The van der Waals surface area contributed by atoms with Crippen LogP contribution >= 0.6 is 15.9 Å². The summed E-state index contributed by atoms with van der Waals surface area (Å²) in [6.07, 6.45) is 7.90. The van der Waals surface area contributed by atoms with Crippen molar-refractivity contribution in [3.8, 4) is 0 Å². The van der Waals surface area contributed by atoms with E-state index in [0.29, 0.717) is 0 Å². The van der Waals surface area contributed by atoms with Crippen molar-refractivity contribution in [2.24, 2.45) is 0 Å². The van der Waals surface area contributed by atoms with Crippen LogP contribution in [0.4, 0.5) is 0 Å². The van der Waals surface area contributed by atoms with Crippen LogP contribution < -0.4 is 10.4 Å². The van der Waals surface area contributed by atoms with Gasteiger partial charge in [0.2, 0.25) is 0 Å². The van der Waals surface area contributed by atoms with Gasteiger partial charge in [-0.25, -0.2) is 0 Å². The molecule has 120 valence electrons. The number of hydrogen-bond acceptors (Lipinski definition) is 0. The van der Waals surface area contributed by atoms with E-state index in [-0.39, 0.29) is 0 Å². The van der Waals surface area contributed by atoms with Crippen LogP contribution in [0.2, 0.25) is 0 Å². The molecule has 0 heterocycles. The molecule has 1 rings (SSSR count). The molecule has 0 aliphatic rings. The van der Waals surface area contributed by atoms with E-state index < -0.39 is 0 Å². The highest BCUT2D eigenvalue weighted by atomic mass is 79.9. The molecule has 0 radical (unpaired) electrons. The van der Waals surface area contributed by atoms with Gasteiger partial charge in [-0.2, -0.15) is 0 Å². The molecule has 1 aromatic rings. The Morgan fingerprint density at radius 1 is 0.857 bits per heavy atom. The van der Waals surface area contributed by atoms with Gasteiger partial charge in [0.05, 0.1) is 0 Å². The molecule has 0 fully saturated rings. The molecule has 0 nitrogen and oxygen atoms in total. The molecule has 1 aromatic carbocycles. The maximum atomic E-state index is 3.83. The summed E-state index contributed by atoms with van der Waals surface area (Å²) in [5.74, 6) is 0. The summed E-state index contributed by atoms with van der Waals surface area (Å²) in [5.41, 5.74) is 2.21. The van der Waals surface area contributed by atoms with Crippen molar-refractivity contribution in [3.05, 3.63) is 45.3 Å². The van der Waals surface area contributed by atoms with E-state index in [4.69, 9.17) is 0 Å². The van der Waals surface area contributed by atoms with E-state index in [9.17, 15) is 0 Å². The van der Waals surface area contributed by atoms with Crippen molar-refractivity contribution in [2.75, 3.05) is 0 Å². The summed E-state index contributed by atoms with van der Waals surface area (Å²) in [5, 5.41) is 2.42. The zero-order valence-electron chi connectivity index (χ0n) is 15.2. The third kappa shape index (κ3) is 7.47. The number of halogens is 1. The quantitative estimate of drug-likeness (QED) is 0.576. The number of benzene rings is 1. The molecule has 0 aliphatic heterocycles. The summed E-state index contributed by atoms with van der Waals surface area (Å²) >= 11 is 3.61. The first-order chi connectivity index (χ1) is 10.2. The minimum absolute atomic E-state index is 1.09. The fraction of sp³-hybridized carbons (Fsp3) is 0.400. The predicted molar refractivity (Wildman–Crippen MR) is 108 cm³/mol. The molecular formula is C20H33Br. The topological polar surface area (TPSA) is 0 Å². The van der Waals surface area contributed by atoms with Gasteiger partial charge in [-0.15, -0.1) is 0 Å². The molecule has 0 saturated heterocycles. The highest BCUT2D eigenvalue weighted by Crippen LogP contribution is 2.17. The molecule has 0 aromatic heterocycles.